The molecule has 0 radical (unpaired) electrons. The van der Waals surface area contributed by atoms with E-state index in [-0.39, 0.29) is 5.91 Å². The average molecular weight is 220 g/mol. The fourth-order valence-corrected chi connectivity index (χ4v) is 1.35. The number of carbonyl (C=O) groups is 1. The van der Waals surface area contributed by atoms with E-state index < -0.39 is 0 Å². The Morgan fingerprint density at radius 1 is 1.38 bits per heavy atom. The third-order valence-electron chi connectivity index (χ3n) is 2.18. The Kier molecular flexibility index (Phi) is 4.83. The van der Waals surface area contributed by atoms with Crippen LogP contribution in [0.5, 0.6) is 0 Å². The van der Waals surface area contributed by atoms with Crippen molar-refractivity contribution in [3.63, 3.8) is 0 Å². The zero-order valence-electron chi connectivity index (χ0n) is 10.2. The standard InChI is InChI=1S/C13H20N2O/c1-4-14-13(16)11-6-5-7-12(8-11)15-9-10(2)3/h5-8,10,15H,4,9H2,1-3H3,(H,14,16). The van der Waals surface area contributed by atoms with Gasteiger partial charge < -0.3 is 10.6 Å². The van der Waals surface area contributed by atoms with E-state index in [2.05, 4.69) is 24.5 Å². The van der Waals surface area contributed by atoms with Gasteiger partial charge in [0, 0.05) is 24.3 Å². The summed E-state index contributed by atoms with van der Waals surface area (Å²) in [5, 5.41) is 6.09. The molecule has 0 aliphatic carbocycles. The van der Waals surface area contributed by atoms with Crippen molar-refractivity contribution in [2.75, 3.05) is 18.4 Å². The summed E-state index contributed by atoms with van der Waals surface area (Å²) < 4.78 is 0. The summed E-state index contributed by atoms with van der Waals surface area (Å²) in [6.07, 6.45) is 0. The highest BCUT2D eigenvalue weighted by molar-refractivity contribution is 5.95. The van der Waals surface area contributed by atoms with Gasteiger partial charge in [-0.2, -0.15) is 0 Å². The third-order valence-corrected chi connectivity index (χ3v) is 2.18. The minimum atomic E-state index is -0.0179. The molecule has 2 N–H and O–H groups in total. The molecule has 3 heteroatoms. The topological polar surface area (TPSA) is 41.1 Å². The molecule has 1 rings (SSSR count). The summed E-state index contributed by atoms with van der Waals surface area (Å²) in [7, 11) is 0. The van der Waals surface area contributed by atoms with Crippen molar-refractivity contribution in [2.24, 2.45) is 5.92 Å². The number of rotatable bonds is 5. The van der Waals surface area contributed by atoms with E-state index in [1.54, 1.807) is 0 Å². The van der Waals surface area contributed by atoms with Gasteiger partial charge in [0.25, 0.3) is 5.91 Å². The van der Waals surface area contributed by atoms with Gasteiger partial charge in [-0.25, -0.2) is 0 Å². The minimum Gasteiger partial charge on any atom is -0.385 e. The molecule has 1 aromatic carbocycles. The molecule has 0 aromatic heterocycles. The molecule has 0 fully saturated rings. The van der Waals surface area contributed by atoms with Crippen LogP contribution in [0.25, 0.3) is 0 Å². The highest BCUT2D eigenvalue weighted by Gasteiger charge is 2.04. The molecule has 0 aliphatic rings. The van der Waals surface area contributed by atoms with Crippen molar-refractivity contribution in [3.05, 3.63) is 29.8 Å². The van der Waals surface area contributed by atoms with E-state index in [9.17, 15) is 4.79 Å². The van der Waals surface area contributed by atoms with Crippen LogP contribution in [0.15, 0.2) is 24.3 Å². The van der Waals surface area contributed by atoms with Crippen molar-refractivity contribution in [3.8, 4) is 0 Å². The first-order valence-corrected chi connectivity index (χ1v) is 5.75. The van der Waals surface area contributed by atoms with Crippen molar-refractivity contribution in [1.29, 1.82) is 0 Å². The van der Waals surface area contributed by atoms with Crippen molar-refractivity contribution < 1.29 is 4.79 Å². The molecule has 1 amide bonds. The molecular weight excluding hydrogens is 200 g/mol. The first-order valence-electron chi connectivity index (χ1n) is 5.75. The van der Waals surface area contributed by atoms with Gasteiger partial charge in [0.15, 0.2) is 0 Å². The summed E-state index contributed by atoms with van der Waals surface area (Å²) in [6.45, 7) is 7.79. The van der Waals surface area contributed by atoms with E-state index in [1.807, 2.05) is 31.2 Å². The number of nitrogens with one attached hydrogen (secondary N) is 2. The minimum absolute atomic E-state index is 0.0179. The average Bonchev–Trinajstić information content (AvgIpc) is 2.27. The van der Waals surface area contributed by atoms with Crippen LogP contribution in [-0.2, 0) is 0 Å². The second-order valence-electron chi connectivity index (χ2n) is 4.22. The molecule has 0 atom stereocenters. The molecule has 88 valence electrons. The van der Waals surface area contributed by atoms with Crippen LogP contribution < -0.4 is 10.6 Å². The van der Waals surface area contributed by atoms with Gasteiger partial charge in [-0.05, 0) is 31.0 Å². The fraction of sp³-hybridized carbons (Fsp3) is 0.462. The summed E-state index contributed by atoms with van der Waals surface area (Å²) in [5.74, 6) is 0.573. The van der Waals surface area contributed by atoms with Gasteiger partial charge in [-0.1, -0.05) is 19.9 Å². The van der Waals surface area contributed by atoms with Crippen LogP contribution in [-0.4, -0.2) is 19.0 Å². The lowest BCUT2D eigenvalue weighted by molar-refractivity contribution is 0.0956. The summed E-state index contributed by atoms with van der Waals surface area (Å²) in [4.78, 5) is 11.6. The number of benzene rings is 1. The Bertz CT molecular complexity index is 348. The number of anilines is 1. The Hall–Kier alpha value is -1.51. The van der Waals surface area contributed by atoms with Gasteiger partial charge >= 0.3 is 0 Å². The maximum atomic E-state index is 11.6. The number of carbonyl (C=O) groups excluding carboxylic acids is 1. The Labute approximate surface area is 97.2 Å². The zero-order valence-corrected chi connectivity index (χ0v) is 10.2. The van der Waals surface area contributed by atoms with Crippen molar-refractivity contribution in [2.45, 2.75) is 20.8 Å². The Morgan fingerprint density at radius 3 is 2.75 bits per heavy atom. The molecule has 0 aliphatic heterocycles. The molecule has 16 heavy (non-hydrogen) atoms. The van der Waals surface area contributed by atoms with Gasteiger partial charge in [0.05, 0.1) is 0 Å². The van der Waals surface area contributed by atoms with E-state index in [1.165, 1.54) is 0 Å². The molecule has 0 saturated heterocycles. The molecule has 0 heterocycles. The van der Waals surface area contributed by atoms with Crippen LogP contribution in [0.3, 0.4) is 0 Å². The maximum Gasteiger partial charge on any atom is 0.251 e. The zero-order chi connectivity index (χ0) is 12.0. The summed E-state index contributed by atoms with van der Waals surface area (Å²) in [6, 6.07) is 7.58. The molecule has 0 bridgehead atoms. The smallest absolute Gasteiger partial charge is 0.251 e. The summed E-state index contributed by atoms with van der Waals surface area (Å²) in [5.41, 5.74) is 1.70. The molecule has 0 spiro atoms. The van der Waals surface area contributed by atoms with Gasteiger partial charge in [-0.15, -0.1) is 0 Å². The maximum absolute atomic E-state index is 11.6. The van der Waals surface area contributed by atoms with Crippen LogP contribution in [0, 0.1) is 5.92 Å². The van der Waals surface area contributed by atoms with E-state index in [4.69, 9.17) is 0 Å². The molecule has 0 saturated carbocycles. The summed E-state index contributed by atoms with van der Waals surface area (Å²) >= 11 is 0. The van der Waals surface area contributed by atoms with Crippen LogP contribution in [0.1, 0.15) is 31.1 Å². The predicted octanol–water partition coefficient (Wildman–Crippen LogP) is 2.50. The van der Waals surface area contributed by atoms with Gasteiger partial charge in [0.2, 0.25) is 0 Å². The molecule has 1 aromatic rings. The highest BCUT2D eigenvalue weighted by atomic mass is 16.1. The lowest BCUT2D eigenvalue weighted by atomic mass is 10.1. The second-order valence-corrected chi connectivity index (χ2v) is 4.22. The Morgan fingerprint density at radius 2 is 2.12 bits per heavy atom. The monoisotopic (exact) mass is 220 g/mol. The van der Waals surface area contributed by atoms with Gasteiger partial charge in [0.1, 0.15) is 0 Å². The largest absolute Gasteiger partial charge is 0.385 e. The van der Waals surface area contributed by atoms with E-state index in [0.29, 0.717) is 18.0 Å². The van der Waals surface area contributed by atoms with Gasteiger partial charge in [-0.3, -0.25) is 4.79 Å². The number of hydrogen-bond acceptors (Lipinski definition) is 2. The first-order chi connectivity index (χ1) is 7.63. The first kappa shape index (κ1) is 12.6. The number of hydrogen-bond donors (Lipinski definition) is 2. The van der Waals surface area contributed by atoms with Crippen LogP contribution in [0.2, 0.25) is 0 Å². The quantitative estimate of drug-likeness (QED) is 0.800. The van der Waals surface area contributed by atoms with E-state index >= 15 is 0 Å². The highest BCUT2D eigenvalue weighted by Crippen LogP contribution is 2.11. The van der Waals surface area contributed by atoms with Crippen molar-refractivity contribution >= 4 is 11.6 Å². The molecule has 3 nitrogen and oxygen atoms in total. The Balaban J connectivity index is 2.67. The lowest BCUT2D eigenvalue weighted by Crippen LogP contribution is -2.22. The normalized spacial score (nSPS) is 10.2. The SMILES string of the molecule is CCNC(=O)c1cccc(NCC(C)C)c1. The van der Waals surface area contributed by atoms with E-state index in [0.717, 1.165) is 12.2 Å². The van der Waals surface area contributed by atoms with Crippen molar-refractivity contribution in [1.82, 2.24) is 5.32 Å². The second kappa shape index (κ2) is 6.16. The predicted molar refractivity (Wildman–Crippen MR) is 67.8 cm³/mol. The van der Waals surface area contributed by atoms with Crippen LogP contribution >= 0.6 is 0 Å². The number of amides is 1. The lowest BCUT2D eigenvalue weighted by Gasteiger charge is -2.10. The fourth-order valence-electron chi connectivity index (χ4n) is 1.35. The van der Waals surface area contributed by atoms with Crippen LogP contribution in [0.4, 0.5) is 5.69 Å². The molecular formula is C13H20N2O. The molecule has 0 unspecified atom stereocenters. The third kappa shape index (κ3) is 3.93.